The van der Waals surface area contributed by atoms with Gasteiger partial charge in [0.25, 0.3) is 5.91 Å². The van der Waals surface area contributed by atoms with Crippen LogP contribution in [0.2, 0.25) is 5.02 Å². The predicted molar refractivity (Wildman–Crippen MR) is 88.4 cm³/mol. The van der Waals surface area contributed by atoms with E-state index in [1.165, 1.54) is 11.3 Å². The number of nitrogens with zero attached hydrogens (tertiary/aromatic N) is 2. The lowest BCUT2D eigenvalue weighted by Crippen LogP contribution is -2.14. The fourth-order valence-corrected chi connectivity index (χ4v) is 2.85. The Hall–Kier alpha value is -1.63. The van der Waals surface area contributed by atoms with Crippen LogP contribution >= 0.6 is 22.9 Å². The molecule has 2 rings (SSSR count). The lowest BCUT2D eigenvalue weighted by molar-refractivity contribution is 0.102. The largest absolute Gasteiger partial charge is 0.376 e. The van der Waals surface area contributed by atoms with Gasteiger partial charge in [0.1, 0.15) is 10.7 Å². The molecular formula is C14H17ClN4OS. The number of thiazole rings is 1. The second-order valence-corrected chi connectivity index (χ2v) is 6.17. The van der Waals surface area contributed by atoms with E-state index in [0.717, 1.165) is 10.7 Å². The van der Waals surface area contributed by atoms with Crippen LogP contribution in [0.4, 0.5) is 11.4 Å². The third-order valence-electron chi connectivity index (χ3n) is 2.83. The van der Waals surface area contributed by atoms with Gasteiger partial charge >= 0.3 is 0 Å². The lowest BCUT2D eigenvalue weighted by Gasteiger charge is -2.15. The number of benzene rings is 1. The van der Waals surface area contributed by atoms with Gasteiger partial charge in [0, 0.05) is 25.2 Å². The average molecular weight is 325 g/mol. The lowest BCUT2D eigenvalue weighted by atomic mass is 10.2. The van der Waals surface area contributed by atoms with Gasteiger partial charge in [0.15, 0.2) is 0 Å². The summed E-state index contributed by atoms with van der Waals surface area (Å²) in [6, 6.07) is 5.20. The molecule has 7 heteroatoms. The summed E-state index contributed by atoms with van der Waals surface area (Å²) >= 11 is 7.55. The molecule has 1 aromatic heterocycles. The Bertz CT molecular complexity index is 654. The molecule has 112 valence electrons. The molecule has 5 nitrogen and oxygen atoms in total. The summed E-state index contributed by atoms with van der Waals surface area (Å²) in [5, 5.41) is 5.79. The molecule has 0 saturated heterocycles. The van der Waals surface area contributed by atoms with Gasteiger partial charge in [-0.15, -0.1) is 11.3 Å². The third-order valence-corrected chi connectivity index (χ3v) is 4.18. The summed E-state index contributed by atoms with van der Waals surface area (Å²) in [5.41, 5.74) is 7.62. The molecular weight excluding hydrogens is 308 g/mol. The van der Waals surface area contributed by atoms with Gasteiger partial charge in [-0.3, -0.25) is 4.79 Å². The van der Waals surface area contributed by atoms with Crippen molar-refractivity contribution in [3.63, 3.8) is 0 Å². The van der Waals surface area contributed by atoms with E-state index in [4.69, 9.17) is 17.3 Å². The third kappa shape index (κ3) is 3.72. The van der Waals surface area contributed by atoms with Crippen LogP contribution in [-0.4, -0.2) is 25.0 Å². The van der Waals surface area contributed by atoms with E-state index >= 15 is 0 Å². The zero-order valence-electron chi connectivity index (χ0n) is 12.1. The molecule has 0 aliphatic carbocycles. The molecule has 21 heavy (non-hydrogen) atoms. The first-order valence-electron chi connectivity index (χ1n) is 6.37. The minimum Gasteiger partial charge on any atom is -0.376 e. The molecule has 0 radical (unpaired) electrons. The number of carbonyl (C=O) groups excluding carboxylic acids is 1. The fourth-order valence-electron chi connectivity index (χ4n) is 1.74. The highest BCUT2D eigenvalue weighted by atomic mass is 35.5. The van der Waals surface area contributed by atoms with Crippen molar-refractivity contribution >= 4 is 40.2 Å². The monoisotopic (exact) mass is 324 g/mol. The maximum atomic E-state index is 12.1. The van der Waals surface area contributed by atoms with Crippen molar-refractivity contribution in [2.45, 2.75) is 13.0 Å². The highest BCUT2D eigenvalue weighted by Gasteiger charge is 2.13. The Morgan fingerprint density at radius 2 is 2.19 bits per heavy atom. The van der Waals surface area contributed by atoms with Gasteiger partial charge in [-0.25, -0.2) is 4.98 Å². The summed E-state index contributed by atoms with van der Waals surface area (Å²) in [4.78, 5) is 18.2. The molecule has 1 atom stereocenters. The molecule has 0 saturated carbocycles. The average Bonchev–Trinajstić information content (AvgIpc) is 2.88. The van der Waals surface area contributed by atoms with Crippen LogP contribution in [0.25, 0.3) is 0 Å². The van der Waals surface area contributed by atoms with Gasteiger partial charge in [0.2, 0.25) is 0 Å². The van der Waals surface area contributed by atoms with Crippen molar-refractivity contribution in [2.24, 2.45) is 5.73 Å². The number of hydrogen-bond donors (Lipinski definition) is 2. The van der Waals surface area contributed by atoms with Crippen molar-refractivity contribution in [2.75, 3.05) is 24.3 Å². The summed E-state index contributed by atoms with van der Waals surface area (Å²) in [7, 11) is 3.81. The molecule has 0 aliphatic heterocycles. The molecule has 1 amide bonds. The first kappa shape index (κ1) is 15.8. The number of carbonyl (C=O) groups is 1. The number of anilines is 2. The summed E-state index contributed by atoms with van der Waals surface area (Å²) in [6.07, 6.45) is 0. The molecule has 2 aromatic rings. The van der Waals surface area contributed by atoms with Crippen LogP contribution in [0.3, 0.4) is 0 Å². The van der Waals surface area contributed by atoms with Gasteiger partial charge in [-0.1, -0.05) is 11.6 Å². The molecule has 1 unspecified atom stereocenters. The fraction of sp³-hybridized carbons (Fsp3) is 0.286. The standard InChI is InChI=1S/C14H17ClN4OS/c1-8(16)14-18-11(7-21-14)13(20)17-9-4-5-12(19(2)3)10(15)6-9/h4-8H,16H2,1-3H3,(H,17,20). The SMILES string of the molecule is CC(N)c1nc(C(=O)Nc2ccc(N(C)C)c(Cl)c2)cs1. The Balaban J connectivity index is 2.13. The van der Waals surface area contributed by atoms with Crippen molar-refractivity contribution in [3.05, 3.63) is 39.3 Å². The number of nitrogens with two attached hydrogens (primary N) is 1. The van der Waals surface area contributed by atoms with Gasteiger partial charge in [-0.2, -0.15) is 0 Å². The number of nitrogens with one attached hydrogen (secondary N) is 1. The Labute approximate surface area is 132 Å². The molecule has 3 N–H and O–H groups in total. The molecule has 1 aromatic carbocycles. The van der Waals surface area contributed by atoms with Crippen LogP contribution in [0.1, 0.15) is 28.5 Å². The minimum absolute atomic E-state index is 0.176. The van der Waals surface area contributed by atoms with E-state index in [0.29, 0.717) is 16.4 Å². The van der Waals surface area contributed by atoms with Crippen molar-refractivity contribution in [1.29, 1.82) is 0 Å². The van der Waals surface area contributed by atoms with E-state index in [9.17, 15) is 4.79 Å². The first-order chi connectivity index (χ1) is 9.88. The van der Waals surface area contributed by atoms with E-state index in [-0.39, 0.29) is 11.9 Å². The van der Waals surface area contributed by atoms with Crippen molar-refractivity contribution < 1.29 is 4.79 Å². The zero-order chi connectivity index (χ0) is 15.6. The summed E-state index contributed by atoms with van der Waals surface area (Å²) < 4.78 is 0. The number of rotatable bonds is 4. The van der Waals surface area contributed by atoms with Crippen molar-refractivity contribution in [3.8, 4) is 0 Å². The Morgan fingerprint density at radius 3 is 2.71 bits per heavy atom. The first-order valence-corrected chi connectivity index (χ1v) is 7.63. The highest BCUT2D eigenvalue weighted by molar-refractivity contribution is 7.09. The molecule has 1 heterocycles. The summed E-state index contributed by atoms with van der Waals surface area (Å²) in [6.45, 7) is 1.83. The van der Waals surface area contributed by atoms with Gasteiger partial charge in [-0.05, 0) is 25.1 Å². The molecule has 0 fully saturated rings. The second kappa shape index (κ2) is 6.43. The Morgan fingerprint density at radius 1 is 1.48 bits per heavy atom. The Kier molecular flexibility index (Phi) is 4.82. The number of hydrogen-bond acceptors (Lipinski definition) is 5. The minimum atomic E-state index is -0.271. The van der Waals surface area contributed by atoms with Crippen LogP contribution in [0.15, 0.2) is 23.6 Å². The molecule has 0 spiro atoms. The maximum absolute atomic E-state index is 12.1. The molecule has 0 bridgehead atoms. The van der Waals surface area contributed by atoms with E-state index < -0.39 is 0 Å². The van der Waals surface area contributed by atoms with Crippen LogP contribution < -0.4 is 16.0 Å². The van der Waals surface area contributed by atoms with Crippen LogP contribution in [0, 0.1) is 0 Å². The molecule has 0 aliphatic rings. The topological polar surface area (TPSA) is 71.2 Å². The normalized spacial score (nSPS) is 12.0. The van der Waals surface area contributed by atoms with Crippen LogP contribution in [-0.2, 0) is 0 Å². The van der Waals surface area contributed by atoms with Crippen molar-refractivity contribution in [1.82, 2.24) is 4.98 Å². The summed E-state index contributed by atoms with van der Waals surface area (Å²) in [5.74, 6) is -0.271. The number of aromatic nitrogens is 1. The second-order valence-electron chi connectivity index (χ2n) is 4.87. The van der Waals surface area contributed by atoms with E-state index in [2.05, 4.69) is 10.3 Å². The highest BCUT2D eigenvalue weighted by Crippen LogP contribution is 2.27. The van der Waals surface area contributed by atoms with Gasteiger partial charge < -0.3 is 16.0 Å². The van der Waals surface area contributed by atoms with Crippen LogP contribution in [0.5, 0.6) is 0 Å². The quantitative estimate of drug-likeness (QED) is 0.906. The zero-order valence-corrected chi connectivity index (χ0v) is 13.6. The predicted octanol–water partition coefficient (Wildman–Crippen LogP) is 3.13. The van der Waals surface area contributed by atoms with E-state index in [1.54, 1.807) is 17.5 Å². The van der Waals surface area contributed by atoms with Gasteiger partial charge in [0.05, 0.1) is 16.8 Å². The number of amides is 1. The van der Waals surface area contributed by atoms with E-state index in [1.807, 2.05) is 32.0 Å². The number of halogens is 1. The maximum Gasteiger partial charge on any atom is 0.275 e. The smallest absolute Gasteiger partial charge is 0.275 e.